The van der Waals surface area contributed by atoms with E-state index in [4.69, 9.17) is 5.11 Å². The fourth-order valence-corrected chi connectivity index (χ4v) is 3.90. The van der Waals surface area contributed by atoms with E-state index >= 15 is 0 Å². The van der Waals surface area contributed by atoms with Gasteiger partial charge < -0.3 is 19.9 Å². The monoisotopic (exact) mass is 389 g/mol. The lowest BCUT2D eigenvalue weighted by atomic mass is 10.1. The predicted octanol–water partition coefficient (Wildman–Crippen LogP) is 2.54. The van der Waals surface area contributed by atoms with E-state index in [1.165, 1.54) is 24.0 Å². The molecule has 1 aromatic heterocycles. The van der Waals surface area contributed by atoms with Crippen LogP contribution in [0.5, 0.6) is 0 Å². The van der Waals surface area contributed by atoms with E-state index in [-0.39, 0.29) is 30.2 Å². The minimum Gasteiger partial charge on any atom is -0.480 e. The first-order valence-electron chi connectivity index (χ1n) is 9.33. The molecule has 150 valence electrons. The van der Waals surface area contributed by atoms with Crippen molar-refractivity contribution in [3.63, 3.8) is 0 Å². The standard InChI is InChI=1S/C20H24FN3O4/c1-12-8-14(21)9-17-16(12)10-18(22-17)20(28)23-6-3-4-15(5-7-23)24(13(2)25)11-19(26)27/h8-10,15,22H,3-7,11H2,1-2H3,(H,26,27). The molecule has 0 radical (unpaired) electrons. The Hall–Kier alpha value is -2.90. The number of carbonyl (C=O) groups excluding carboxylic acids is 2. The number of aliphatic carboxylic acids is 1. The topological polar surface area (TPSA) is 93.7 Å². The van der Waals surface area contributed by atoms with Crippen molar-refractivity contribution in [1.29, 1.82) is 0 Å². The Labute approximate surface area is 162 Å². The molecule has 2 aromatic rings. The number of likely N-dealkylation sites (tertiary alicyclic amines) is 1. The lowest BCUT2D eigenvalue weighted by Crippen LogP contribution is -2.43. The number of hydrogen-bond donors (Lipinski definition) is 2. The van der Waals surface area contributed by atoms with Crippen molar-refractivity contribution in [3.05, 3.63) is 35.3 Å². The summed E-state index contributed by atoms with van der Waals surface area (Å²) < 4.78 is 13.6. The summed E-state index contributed by atoms with van der Waals surface area (Å²) in [7, 11) is 0. The van der Waals surface area contributed by atoms with Gasteiger partial charge in [-0.2, -0.15) is 0 Å². The van der Waals surface area contributed by atoms with Gasteiger partial charge in [-0.05, 0) is 49.9 Å². The summed E-state index contributed by atoms with van der Waals surface area (Å²) in [5.41, 5.74) is 1.74. The molecule has 0 aliphatic carbocycles. The number of aryl methyl sites for hydroxylation is 1. The van der Waals surface area contributed by atoms with Crippen molar-refractivity contribution in [2.75, 3.05) is 19.6 Å². The first-order chi connectivity index (χ1) is 13.3. The number of fused-ring (bicyclic) bond motifs is 1. The second-order valence-electron chi connectivity index (χ2n) is 7.28. The first kappa shape index (κ1) is 19.9. The fourth-order valence-electron chi connectivity index (χ4n) is 3.90. The van der Waals surface area contributed by atoms with Crippen LogP contribution in [0, 0.1) is 12.7 Å². The van der Waals surface area contributed by atoms with Crippen LogP contribution >= 0.6 is 0 Å². The number of carbonyl (C=O) groups is 3. The zero-order valence-electron chi connectivity index (χ0n) is 16.0. The summed E-state index contributed by atoms with van der Waals surface area (Å²) in [4.78, 5) is 41.9. The van der Waals surface area contributed by atoms with Crippen LogP contribution in [0.1, 0.15) is 42.2 Å². The van der Waals surface area contributed by atoms with Gasteiger partial charge >= 0.3 is 5.97 Å². The molecule has 8 heteroatoms. The Balaban J connectivity index is 1.75. The predicted molar refractivity (Wildman–Crippen MR) is 102 cm³/mol. The third-order valence-corrected chi connectivity index (χ3v) is 5.28. The number of H-pyrrole nitrogens is 1. The number of nitrogens with zero attached hydrogens (tertiary/aromatic N) is 2. The molecule has 2 heterocycles. The average molecular weight is 389 g/mol. The minimum atomic E-state index is -1.05. The molecular weight excluding hydrogens is 365 g/mol. The Morgan fingerprint density at radius 3 is 2.68 bits per heavy atom. The number of benzene rings is 1. The van der Waals surface area contributed by atoms with Crippen LogP contribution in [0.25, 0.3) is 10.9 Å². The number of halogens is 1. The van der Waals surface area contributed by atoms with Crippen LogP contribution in [-0.2, 0) is 9.59 Å². The molecule has 1 unspecified atom stereocenters. The maximum Gasteiger partial charge on any atom is 0.323 e. The minimum absolute atomic E-state index is 0.177. The zero-order valence-corrected chi connectivity index (χ0v) is 16.0. The molecule has 2 N–H and O–H groups in total. The average Bonchev–Trinajstić information content (AvgIpc) is 2.89. The second kappa shape index (κ2) is 8.00. The number of aromatic nitrogens is 1. The molecule has 2 amide bonds. The van der Waals surface area contributed by atoms with Gasteiger partial charge in [-0.3, -0.25) is 14.4 Å². The van der Waals surface area contributed by atoms with Gasteiger partial charge in [0.05, 0.1) is 0 Å². The molecule has 1 atom stereocenters. The van der Waals surface area contributed by atoms with E-state index in [0.717, 1.165) is 10.9 Å². The largest absolute Gasteiger partial charge is 0.480 e. The Bertz CT molecular complexity index is 924. The highest BCUT2D eigenvalue weighted by Crippen LogP contribution is 2.23. The van der Waals surface area contributed by atoms with Crippen molar-refractivity contribution in [2.24, 2.45) is 0 Å². The summed E-state index contributed by atoms with van der Waals surface area (Å²) in [6.07, 6.45) is 1.84. The number of carboxylic acids is 1. The molecule has 1 aliphatic rings. The quantitative estimate of drug-likeness (QED) is 0.840. The molecular formula is C20H24FN3O4. The molecule has 1 fully saturated rings. The van der Waals surface area contributed by atoms with Crippen molar-refractivity contribution in [1.82, 2.24) is 14.8 Å². The summed E-state index contributed by atoms with van der Waals surface area (Å²) in [6, 6.07) is 4.33. The third kappa shape index (κ3) is 4.16. The normalized spacial score (nSPS) is 17.4. The van der Waals surface area contributed by atoms with Crippen molar-refractivity contribution in [3.8, 4) is 0 Å². The lowest BCUT2D eigenvalue weighted by molar-refractivity contribution is -0.145. The number of rotatable bonds is 4. The van der Waals surface area contributed by atoms with Gasteiger partial charge in [-0.15, -0.1) is 0 Å². The Morgan fingerprint density at radius 1 is 1.25 bits per heavy atom. The number of hydrogen-bond acceptors (Lipinski definition) is 3. The second-order valence-corrected chi connectivity index (χ2v) is 7.28. The molecule has 1 saturated heterocycles. The van der Waals surface area contributed by atoms with Crippen LogP contribution < -0.4 is 0 Å². The molecule has 7 nitrogen and oxygen atoms in total. The van der Waals surface area contributed by atoms with Crippen LogP contribution in [-0.4, -0.2) is 63.4 Å². The highest BCUT2D eigenvalue weighted by Gasteiger charge is 2.28. The van der Waals surface area contributed by atoms with Crippen molar-refractivity contribution in [2.45, 2.75) is 39.2 Å². The van der Waals surface area contributed by atoms with E-state index in [2.05, 4.69) is 4.98 Å². The first-order valence-corrected chi connectivity index (χ1v) is 9.33. The summed E-state index contributed by atoms with van der Waals surface area (Å²) >= 11 is 0. The van der Waals surface area contributed by atoms with E-state index in [1.54, 1.807) is 17.9 Å². The Kier molecular flexibility index (Phi) is 5.67. The SMILES string of the molecule is CC(=O)N(CC(=O)O)C1CCCN(C(=O)c2cc3c(C)cc(F)cc3[nH]2)CC1. The number of amides is 2. The molecule has 0 bridgehead atoms. The number of carboxylic acid groups (broad SMARTS) is 1. The van der Waals surface area contributed by atoms with Gasteiger partial charge in [0.25, 0.3) is 5.91 Å². The summed E-state index contributed by atoms with van der Waals surface area (Å²) in [5, 5.41) is 9.85. The fraction of sp³-hybridized carbons (Fsp3) is 0.450. The van der Waals surface area contributed by atoms with E-state index < -0.39 is 5.97 Å². The van der Waals surface area contributed by atoms with Gasteiger partial charge in [0.2, 0.25) is 5.91 Å². The Morgan fingerprint density at radius 2 is 2.00 bits per heavy atom. The molecule has 1 aliphatic heterocycles. The van der Waals surface area contributed by atoms with E-state index in [9.17, 15) is 18.8 Å². The number of aromatic amines is 1. The highest BCUT2D eigenvalue weighted by atomic mass is 19.1. The molecule has 0 saturated carbocycles. The van der Waals surface area contributed by atoms with Crippen molar-refractivity contribution >= 4 is 28.7 Å². The molecule has 28 heavy (non-hydrogen) atoms. The van der Waals surface area contributed by atoms with Crippen molar-refractivity contribution < 1.29 is 23.9 Å². The van der Waals surface area contributed by atoms with Gasteiger partial charge in [0, 0.05) is 37.0 Å². The van der Waals surface area contributed by atoms with Gasteiger partial charge in [-0.25, -0.2) is 4.39 Å². The van der Waals surface area contributed by atoms with E-state index in [1.807, 2.05) is 0 Å². The van der Waals surface area contributed by atoms with Crippen LogP contribution in [0.15, 0.2) is 18.2 Å². The summed E-state index contributed by atoms with van der Waals surface area (Å²) in [6.45, 7) is 3.78. The molecule has 1 aromatic carbocycles. The van der Waals surface area contributed by atoms with Crippen LogP contribution in [0.2, 0.25) is 0 Å². The smallest absolute Gasteiger partial charge is 0.323 e. The maximum absolute atomic E-state index is 13.6. The van der Waals surface area contributed by atoms with Gasteiger partial charge in [0.1, 0.15) is 18.1 Å². The number of nitrogens with one attached hydrogen (secondary N) is 1. The zero-order chi connectivity index (χ0) is 20.4. The molecule has 0 spiro atoms. The van der Waals surface area contributed by atoms with Crippen LogP contribution in [0.4, 0.5) is 4.39 Å². The summed E-state index contributed by atoms with van der Waals surface area (Å²) in [5.74, 6) is -1.86. The van der Waals surface area contributed by atoms with E-state index in [0.29, 0.717) is 43.6 Å². The maximum atomic E-state index is 13.6. The highest BCUT2D eigenvalue weighted by molar-refractivity contribution is 5.98. The van der Waals surface area contributed by atoms with Gasteiger partial charge in [-0.1, -0.05) is 0 Å². The lowest BCUT2D eigenvalue weighted by Gasteiger charge is -2.28. The molecule has 3 rings (SSSR count). The van der Waals surface area contributed by atoms with Crippen LogP contribution in [0.3, 0.4) is 0 Å². The van der Waals surface area contributed by atoms with Gasteiger partial charge in [0.15, 0.2) is 0 Å². The third-order valence-electron chi connectivity index (χ3n) is 5.28.